The number of non-ortho nitro benzene ring substituents is 1. The van der Waals surface area contributed by atoms with Crippen LogP contribution < -0.4 is 15.5 Å². The molecule has 0 unspecified atom stereocenters. The van der Waals surface area contributed by atoms with Gasteiger partial charge in [-0.3, -0.25) is 25.1 Å². The third-order valence-corrected chi connectivity index (χ3v) is 6.52. The SMILES string of the molecule is CCOC(=O)c1c(NC(=O)Nc2ccc(N3C=CCC3=O)nc2)sc(-c2ccc([N+](=O)[O-])cc2)c1C. The first-order valence-corrected chi connectivity index (χ1v) is 11.7. The number of thiophene rings is 1. The quantitative estimate of drug-likeness (QED) is 0.257. The van der Waals surface area contributed by atoms with E-state index in [1.54, 1.807) is 50.4 Å². The Balaban J connectivity index is 1.56. The molecule has 0 saturated heterocycles. The number of nitrogens with one attached hydrogen (secondary N) is 2. The van der Waals surface area contributed by atoms with Crippen LogP contribution in [0.5, 0.6) is 0 Å². The minimum atomic E-state index is -0.608. The zero-order valence-electron chi connectivity index (χ0n) is 19.3. The number of aromatic nitrogens is 1. The van der Waals surface area contributed by atoms with E-state index < -0.39 is 16.9 Å². The molecule has 0 atom stereocenters. The number of anilines is 3. The molecule has 0 radical (unpaired) electrons. The van der Waals surface area contributed by atoms with Gasteiger partial charge in [-0.05, 0) is 49.2 Å². The first-order chi connectivity index (χ1) is 17.3. The van der Waals surface area contributed by atoms with Crippen LogP contribution in [0.1, 0.15) is 29.3 Å². The van der Waals surface area contributed by atoms with Crippen LogP contribution >= 0.6 is 11.3 Å². The molecule has 3 amide bonds. The molecule has 2 N–H and O–H groups in total. The molecule has 12 heteroatoms. The van der Waals surface area contributed by atoms with Crippen LogP contribution in [0.15, 0.2) is 54.9 Å². The number of hydrogen-bond donors (Lipinski definition) is 2. The molecule has 0 spiro atoms. The maximum Gasteiger partial charge on any atom is 0.341 e. The third kappa shape index (κ3) is 5.08. The van der Waals surface area contributed by atoms with Crippen LogP contribution in [0, 0.1) is 17.0 Å². The monoisotopic (exact) mass is 507 g/mol. The molecule has 0 bridgehead atoms. The standard InChI is InChI=1S/C24H21N5O6S/c1-3-35-23(31)20-14(2)21(15-6-9-17(10-7-15)29(33)34)36-22(20)27-24(32)26-16-8-11-18(25-13-16)28-12-4-5-19(28)30/h4,6-13H,3,5H2,1-2H3,(H2,26,27,32). The van der Waals surface area contributed by atoms with Crippen LogP contribution in [-0.2, 0) is 9.53 Å². The zero-order chi connectivity index (χ0) is 25.8. The Morgan fingerprint density at radius 2 is 1.94 bits per heavy atom. The normalized spacial score (nSPS) is 12.5. The number of hydrogen-bond acceptors (Lipinski definition) is 8. The molecule has 1 aromatic carbocycles. The van der Waals surface area contributed by atoms with Gasteiger partial charge < -0.3 is 10.1 Å². The molecular formula is C24H21N5O6S. The second-order valence-electron chi connectivity index (χ2n) is 7.62. The van der Waals surface area contributed by atoms with Crippen molar-refractivity contribution in [2.45, 2.75) is 20.3 Å². The van der Waals surface area contributed by atoms with Crippen molar-refractivity contribution in [3.8, 4) is 10.4 Å². The van der Waals surface area contributed by atoms with Gasteiger partial charge in [0.05, 0.1) is 29.0 Å². The number of carbonyl (C=O) groups is 3. The van der Waals surface area contributed by atoms with Gasteiger partial charge in [-0.1, -0.05) is 6.08 Å². The van der Waals surface area contributed by atoms with Gasteiger partial charge in [-0.15, -0.1) is 11.3 Å². The minimum absolute atomic E-state index is 0.0546. The lowest BCUT2D eigenvalue weighted by Gasteiger charge is -2.13. The zero-order valence-corrected chi connectivity index (χ0v) is 20.1. The summed E-state index contributed by atoms with van der Waals surface area (Å²) in [5, 5.41) is 16.6. The molecule has 1 aliphatic heterocycles. The Labute approximate surface area is 209 Å². The summed E-state index contributed by atoms with van der Waals surface area (Å²) in [5.74, 6) is -0.251. The van der Waals surface area contributed by atoms with Crippen LogP contribution in [0.3, 0.4) is 0 Å². The van der Waals surface area contributed by atoms with E-state index in [1.165, 1.54) is 23.2 Å². The Morgan fingerprint density at radius 3 is 2.53 bits per heavy atom. The Hall–Kier alpha value is -4.58. The summed E-state index contributed by atoms with van der Waals surface area (Å²) in [7, 11) is 0. The van der Waals surface area contributed by atoms with Gasteiger partial charge in [0.1, 0.15) is 10.8 Å². The van der Waals surface area contributed by atoms with E-state index in [2.05, 4.69) is 15.6 Å². The fourth-order valence-corrected chi connectivity index (χ4v) is 4.77. The summed E-state index contributed by atoms with van der Waals surface area (Å²) < 4.78 is 5.18. The molecule has 0 aliphatic carbocycles. The van der Waals surface area contributed by atoms with Crippen LogP contribution in [0.2, 0.25) is 0 Å². The second-order valence-corrected chi connectivity index (χ2v) is 8.64. The highest BCUT2D eigenvalue weighted by Crippen LogP contribution is 2.40. The highest BCUT2D eigenvalue weighted by molar-refractivity contribution is 7.20. The number of rotatable bonds is 7. The summed E-state index contributed by atoms with van der Waals surface area (Å²) >= 11 is 1.16. The van der Waals surface area contributed by atoms with Gasteiger partial charge >= 0.3 is 12.0 Å². The van der Waals surface area contributed by atoms with Crippen molar-refractivity contribution in [2.24, 2.45) is 0 Å². The summed E-state index contributed by atoms with van der Waals surface area (Å²) in [6.45, 7) is 3.55. The summed E-state index contributed by atoms with van der Waals surface area (Å²) in [6, 6.07) is 8.53. The van der Waals surface area contributed by atoms with Gasteiger partial charge in [0.25, 0.3) is 5.69 Å². The van der Waals surface area contributed by atoms with E-state index in [4.69, 9.17) is 4.74 Å². The van der Waals surface area contributed by atoms with Crippen molar-refractivity contribution in [3.63, 3.8) is 0 Å². The van der Waals surface area contributed by atoms with Crippen molar-refractivity contribution >= 4 is 51.4 Å². The molecule has 11 nitrogen and oxygen atoms in total. The lowest BCUT2D eigenvalue weighted by molar-refractivity contribution is -0.384. The second kappa shape index (κ2) is 10.4. The molecule has 36 heavy (non-hydrogen) atoms. The van der Waals surface area contributed by atoms with E-state index in [1.807, 2.05) is 0 Å². The molecule has 4 rings (SSSR count). The largest absolute Gasteiger partial charge is 0.462 e. The first kappa shape index (κ1) is 24.5. The molecule has 0 saturated carbocycles. The van der Waals surface area contributed by atoms with E-state index in [0.29, 0.717) is 33.9 Å². The third-order valence-electron chi connectivity index (χ3n) is 5.26. The predicted octanol–water partition coefficient (Wildman–Crippen LogP) is 5.10. The Kier molecular flexibility index (Phi) is 7.06. The predicted molar refractivity (Wildman–Crippen MR) is 135 cm³/mol. The van der Waals surface area contributed by atoms with Gasteiger partial charge in [0, 0.05) is 29.6 Å². The van der Waals surface area contributed by atoms with Crippen molar-refractivity contribution in [1.82, 2.24) is 4.98 Å². The van der Waals surface area contributed by atoms with Crippen molar-refractivity contribution < 1.29 is 24.0 Å². The molecule has 1 aliphatic rings. The minimum Gasteiger partial charge on any atom is -0.462 e. The van der Waals surface area contributed by atoms with Crippen molar-refractivity contribution in [3.05, 3.63) is 76.1 Å². The number of carbonyl (C=O) groups excluding carboxylic acids is 3. The van der Waals surface area contributed by atoms with Crippen LogP contribution in [0.4, 0.5) is 27.0 Å². The number of benzene rings is 1. The highest BCUT2D eigenvalue weighted by atomic mass is 32.1. The van der Waals surface area contributed by atoms with Gasteiger partial charge in [0.15, 0.2) is 0 Å². The topological polar surface area (TPSA) is 144 Å². The molecule has 3 aromatic rings. The number of urea groups is 1. The Bertz CT molecular complexity index is 1360. The van der Waals surface area contributed by atoms with Crippen LogP contribution in [-0.4, -0.2) is 34.4 Å². The Morgan fingerprint density at radius 1 is 1.19 bits per heavy atom. The van der Waals surface area contributed by atoms with Gasteiger partial charge in [-0.2, -0.15) is 0 Å². The summed E-state index contributed by atoms with van der Waals surface area (Å²) in [6.07, 6.45) is 5.11. The number of amides is 3. The van der Waals surface area contributed by atoms with E-state index in [-0.39, 0.29) is 28.8 Å². The molecule has 184 valence electrons. The number of pyridine rings is 1. The van der Waals surface area contributed by atoms with Gasteiger partial charge in [0.2, 0.25) is 5.91 Å². The summed E-state index contributed by atoms with van der Waals surface area (Å²) in [4.78, 5) is 54.0. The number of esters is 1. The average molecular weight is 508 g/mol. The maximum absolute atomic E-state index is 12.7. The molecule has 2 aromatic heterocycles. The van der Waals surface area contributed by atoms with Crippen LogP contribution in [0.25, 0.3) is 10.4 Å². The van der Waals surface area contributed by atoms with Gasteiger partial charge in [-0.25, -0.2) is 14.6 Å². The fourth-order valence-electron chi connectivity index (χ4n) is 3.57. The maximum atomic E-state index is 12.7. The van der Waals surface area contributed by atoms with Crippen molar-refractivity contribution in [1.29, 1.82) is 0 Å². The van der Waals surface area contributed by atoms with Crippen molar-refractivity contribution in [2.75, 3.05) is 22.1 Å². The lowest BCUT2D eigenvalue weighted by Crippen LogP contribution is -2.22. The first-order valence-electron chi connectivity index (χ1n) is 10.9. The number of ether oxygens (including phenoxy) is 1. The number of nitro benzene ring substituents is 1. The van der Waals surface area contributed by atoms with E-state index in [0.717, 1.165) is 11.3 Å². The molecule has 3 heterocycles. The van der Waals surface area contributed by atoms with E-state index >= 15 is 0 Å². The number of nitro groups is 1. The fraction of sp³-hybridized carbons (Fsp3) is 0.167. The molecular weight excluding hydrogens is 486 g/mol. The van der Waals surface area contributed by atoms with E-state index in [9.17, 15) is 24.5 Å². The summed E-state index contributed by atoms with van der Waals surface area (Å²) in [5.41, 5.74) is 1.78. The molecule has 0 fully saturated rings. The highest BCUT2D eigenvalue weighted by Gasteiger charge is 2.25. The average Bonchev–Trinajstić information content (AvgIpc) is 3.42. The smallest absolute Gasteiger partial charge is 0.341 e. The lowest BCUT2D eigenvalue weighted by atomic mass is 10.1. The number of nitrogens with zero attached hydrogens (tertiary/aromatic N) is 3.